The van der Waals surface area contributed by atoms with Gasteiger partial charge in [0.25, 0.3) is 5.91 Å². The molecule has 0 spiro atoms. The minimum Gasteiger partial charge on any atom is -0.335 e. The van der Waals surface area contributed by atoms with Crippen molar-refractivity contribution in [3.05, 3.63) is 82.1 Å². The molecule has 1 heterocycles. The zero-order chi connectivity index (χ0) is 22.2. The zero-order valence-electron chi connectivity index (χ0n) is 17.3. The molecule has 0 radical (unpaired) electrons. The maximum absolute atomic E-state index is 13.3. The van der Waals surface area contributed by atoms with Crippen LogP contribution < -0.4 is 5.14 Å². The van der Waals surface area contributed by atoms with Crippen molar-refractivity contribution < 1.29 is 13.2 Å². The number of nitrogens with zero attached hydrogens (tertiary/aromatic N) is 2. The Morgan fingerprint density at radius 1 is 1.10 bits per heavy atom. The van der Waals surface area contributed by atoms with Crippen LogP contribution >= 0.6 is 11.6 Å². The highest BCUT2D eigenvalue weighted by molar-refractivity contribution is 7.89. The molecule has 3 aromatic rings. The number of carbonyl (C=O) groups excluding carboxylic acids is 1. The first-order valence-corrected chi connectivity index (χ1v) is 11.3. The molecule has 0 aliphatic carbocycles. The molecule has 0 aliphatic rings. The number of aryl methyl sites for hydroxylation is 1. The Labute approximate surface area is 181 Å². The lowest BCUT2D eigenvalue weighted by atomic mass is 10.1. The quantitative estimate of drug-likeness (QED) is 0.637. The first kappa shape index (κ1) is 22.1. The molecule has 8 heteroatoms. The predicted molar refractivity (Wildman–Crippen MR) is 119 cm³/mol. The van der Waals surface area contributed by atoms with Gasteiger partial charge in [0, 0.05) is 29.1 Å². The van der Waals surface area contributed by atoms with E-state index < -0.39 is 10.0 Å². The average molecular weight is 446 g/mol. The molecule has 6 nitrogen and oxygen atoms in total. The number of sulfonamides is 1. The van der Waals surface area contributed by atoms with Gasteiger partial charge in [-0.1, -0.05) is 23.7 Å². The van der Waals surface area contributed by atoms with E-state index >= 15 is 0 Å². The van der Waals surface area contributed by atoms with Crippen LogP contribution in [0.4, 0.5) is 0 Å². The van der Waals surface area contributed by atoms with Crippen LogP contribution in [0.15, 0.2) is 59.5 Å². The lowest BCUT2D eigenvalue weighted by Gasteiger charge is -2.26. The summed E-state index contributed by atoms with van der Waals surface area (Å²) in [6, 6.07) is 15.3. The molecule has 158 valence electrons. The van der Waals surface area contributed by atoms with E-state index in [1.165, 1.54) is 12.1 Å². The zero-order valence-corrected chi connectivity index (χ0v) is 18.8. The van der Waals surface area contributed by atoms with E-state index in [1.807, 2.05) is 55.7 Å². The van der Waals surface area contributed by atoms with Crippen molar-refractivity contribution in [3.8, 4) is 5.69 Å². The van der Waals surface area contributed by atoms with Gasteiger partial charge >= 0.3 is 0 Å². The van der Waals surface area contributed by atoms with Crippen molar-refractivity contribution in [1.82, 2.24) is 9.47 Å². The van der Waals surface area contributed by atoms with Crippen LogP contribution in [0.25, 0.3) is 5.69 Å². The first-order chi connectivity index (χ1) is 14.0. The molecule has 2 aromatic carbocycles. The Morgan fingerprint density at radius 2 is 1.73 bits per heavy atom. The Morgan fingerprint density at radius 3 is 2.33 bits per heavy atom. The van der Waals surface area contributed by atoms with E-state index in [9.17, 15) is 13.2 Å². The van der Waals surface area contributed by atoms with Crippen LogP contribution in [0.2, 0.25) is 5.02 Å². The minimum absolute atomic E-state index is 0.0219. The molecule has 2 N–H and O–H groups in total. The van der Waals surface area contributed by atoms with Crippen LogP contribution in [-0.4, -0.2) is 30.8 Å². The van der Waals surface area contributed by atoms with E-state index in [-0.39, 0.29) is 16.8 Å². The average Bonchev–Trinajstić information content (AvgIpc) is 3.00. The van der Waals surface area contributed by atoms with Crippen molar-refractivity contribution in [2.75, 3.05) is 7.05 Å². The molecule has 1 aromatic heterocycles. The number of benzene rings is 2. The van der Waals surface area contributed by atoms with Gasteiger partial charge in [-0.15, -0.1) is 0 Å². The minimum atomic E-state index is -3.82. The maximum atomic E-state index is 13.3. The summed E-state index contributed by atoms with van der Waals surface area (Å²) < 4.78 is 25.3. The maximum Gasteiger partial charge on any atom is 0.255 e. The van der Waals surface area contributed by atoms with Crippen LogP contribution in [0.5, 0.6) is 0 Å². The summed E-state index contributed by atoms with van der Waals surface area (Å²) in [6.07, 6.45) is 0. The molecule has 1 atom stereocenters. The van der Waals surface area contributed by atoms with E-state index in [1.54, 1.807) is 24.1 Å². The number of halogens is 1. The Hall–Kier alpha value is -2.61. The van der Waals surface area contributed by atoms with Gasteiger partial charge in [0.1, 0.15) is 0 Å². The normalized spacial score (nSPS) is 12.6. The fourth-order valence-corrected chi connectivity index (χ4v) is 4.20. The first-order valence-electron chi connectivity index (χ1n) is 9.35. The number of hydrogen-bond acceptors (Lipinski definition) is 3. The largest absolute Gasteiger partial charge is 0.335 e. The van der Waals surface area contributed by atoms with Gasteiger partial charge in [-0.2, -0.15) is 0 Å². The van der Waals surface area contributed by atoms with Gasteiger partial charge in [-0.25, -0.2) is 13.6 Å². The molecule has 1 unspecified atom stereocenters. The standard InChI is InChI=1S/C22H24ClN3O3S/c1-14-12-21(16(3)26(14)19-10-8-18(23)9-11-19)22(27)25(4)15(2)17-6-5-7-20(13-17)30(24,28)29/h5-13,15H,1-4H3,(H2,24,28,29). The fourth-order valence-electron chi connectivity index (χ4n) is 3.51. The Balaban J connectivity index is 1.93. The molecule has 0 saturated carbocycles. The van der Waals surface area contributed by atoms with Crippen molar-refractivity contribution in [2.24, 2.45) is 5.14 Å². The lowest BCUT2D eigenvalue weighted by Crippen LogP contribution is -2.30. The summed E-state index contributed by atoms with van der Waals surface area (Å²) in [5, 5.41) is 5.88. The van der Waals surface area contributed by atoms with Gasteiger partial charge < -0.3 is 9.47 Å². The van der Waals surface area contributed by atoms with E-state index in [2.05, 4.69) is 0 Å². The predicted octanol–water partition coefficient (Wildman–Crippen LogP) is 4.23. The summed E-state index contributed by atoms with van der Waals surface area (Å²) >= 11 is 5.99. The van der Waals surface area contributed by atoms with Crippen molar-refractivity contribution in [3.63, 3.8) is 0 Å². The topological polar surface area (TPSA) is 85.4 Å². The van der Waals surface area contributed by atoms with Crippen LogP contribution in [0.1, 0.15) is 40.3 Å². The number of carbonyl (C=O) groups is 1. The number of primary sulfonamides is 1. The molecule has 0 bridgehead atoms. The summed E-state index contributed by atoms with van der Waals surface area (Å²) in [7, 11) is -2.12. The second-order valence-corrected chi connectivity index (χ2v) is 9.30. The van der Waals surface area contributed by atoms with E-state index in [0.29, 0.717) is 16.1 Å². The number of rotatable bonds is 5. The summed E-state index contributed by atoms with van der Waals surface area (Å²) in [5.74, 6) is -0.156. The monoisotopic (exact) mass is 445 g/mol. The van der Waals surface area contributed by atoms with Crippen molar-refractivity contribution >= 4 is 27.5 Å². The highest BCUT2D eigenvalue weighted by atomic mass is 35.5. The lowest BCUT2D eigenvalue weighted by molar-refractivity contribution is 0.0742. The Kier molecular flexibility index (Phi) is 6.08. The molecule has 30 heavy (non-hydrogen) atoms. The molecule has 3 rings (SSSR count). The fraction of sp³-hybridized carbons (Fsp3) is 0.227. The van der Waals surface area contributed by atoms with Gasteiger partial charge in [-0.05, 0) is 68.8 Å². The number of hydrogen-bond donors (Lipinski definition) is 1. The SMILES string of the molecule is Cc1cc(C(=O)N(C)C(C)c2cccc(S(N)(=O)=O)c2)c(C)n1-c1ccc(Cl)cc1. The summed E-state index contributed by atoms with van der Waals surface area (Å²) in [6.45, 7) is 5.69. The Bertz CT molecular complexity index is 1200. The summed E-state index contributed by atoms with van der Waals surface area (Å²) in [4.78, 5) is 14.9. The van der Waals surface area contributed by atoms with E-state index in [0.717, 1.165) is 17.1 Å². The highest BCUT2D eigenvalue weighted by Gasteiger charge is 2.24. The van der Waals surface area contributed by atoms with Crippen LogP contribution in [-0.2, 0) is 10.0 Å². The van der Waals surface area contributed by atoms with Crippen molar-refractivity contribution in [2.45, 2.75) is 31.7 Å². The van der Waals surface area contributed by atoms with Crippen LogP contribution in [0, 0.1) is 13.8 Å². The molecule has 0 aliphatic heterocycles. The van der Waals surface area contributed by atoms with Crippen molar-refractivity contribution in [1.29, 1.82) is 0 Å². The second kappa shape index (κ2) is 8.26. The smallest absolute Gasteiger partial charge is 0.255 e. The van der Waals surface area contributed by atoms with Crippen LogP contribution in [0.3, 0.4) is 0 Å². The third kappa shape index (κ3) is 4.28. The molecule has 1 amide bonds. The van der Waals surface area contributed by atoms with Gasteiger partial charge in [0.2, 0.25) is 10.0 Å². The molecule has 0 fully saturated rings. The van der Waals surface area contributed by atoms with Gasteiger partial charge in [0.15, 0.2) is 0 Å². The van der Waals surface area contributed by atoms with E-state index in [4.69, 9.17) is 16.7 Å². The second-order valence-electron chi connectivity index (χ2n) is 7.31. The number of aromatic nitrogens is 1. The number of amides is 1. The number of nitrogens with two attached hydrogens (primary N) is 1. The van der Waals surface area contributed by atoms with Gasteiger partial charge in [-0.3, -0.25) is 4.79 Å². The molecule has 0 saturated heterocycles. The third-order valence-corrected chi connectivity index (χ3v) is 6.48. The molecular weight excluding hydrogens is 422 g/mol. The van der Waals surface area contributed by atoms with Gasteiger partial charge in [0.05, 0.1) is 16.5 Å². The third-order valence-electron chi connectivity index (χ3n) is 5.32. The highest BCUT2D eigenvalue weighted by Crippen LogP contribution is 2.27. The molecular formula is C22H24ClN3O3S. The summed E-state index contributed by atoms with van der Waals surface area (Å²) in [5.41, 5.74) is 3.93.